The predicted molar refractivity (Wildman–Crippen MR) is 124 cm³/mol. The van der Waals surface area contributed by atoms with Crippen LogP contribution in [0.2, 0.25) is 5.02 Å². The SMILES string of the molecule is Cc1cc2c(n1-c1ccc(Cl)cc1)CC(C)(C)C/C2=N\OC(=O)c1ccc(Br)cc1. The Morgan fingerprint density at radius 1 is 1.10 bits per heavy atom. The van der Waals surface area contributed by atoms with Gasteiger partial charge in [-0.25, -0.2) is 4.79 Å². The van der Waals surface area contributed by atoms with Crippen molar-refractivity contribution in [1.29, 1.82) is 0 Å². The molecule has 2 aromatic carbocycles. The van der Waals surface area contributed by atoms with Crippen molar-refractivity contribution in [1.82, 2.24) is 4.57 Å². The number of nitrogens with zero attached hydrogens (tertiary/aromatic N) is 2. The van der Waals surface area contributed by atoms with Gasteiger partial charge in [-0.15, -0.1) is 0 Å². The second-order valence-electron chi connectivity index (χ2n) is 8.40. The minimum Gasteiger partial charge on any atom is -0.318 e. The Morgan fingerprint density at radius 3 is 2.43 bits per heavy atom. The van der Waals surface area contributed by atoms with Gasteiger partial charge in [0.25, 0.3) is 0 Å². The lowest BCUT2D eigenvalue weighted by Gasteiger charge is -2.31. The lowest BCUT2D eigenvalue weighted by atomic mass is 9.76. The number of carbonyl (C=O) groups is 1. The maximum absolute atomic E-state index is 12.4. The number of oxime groups is 1. The van der Waals surface area contributed by atoms with Gasteiger partial charge in [-0.05, 0) is 79.8 Å². The summed E-state index contributed by atoms with van der Waals surface area (Å²) in [6, 6.07) is 17.0. The Kier molecular flexibility index (Phi) is 5.60. The molecule has 0 aliphatic heterocycles. The first-order valence-electron chi connectivity index (χ1n) is 9.75. The van der Waals surface area contributed by atoms with Crippen molar-refractivity contribution in [3.05, 3.63) is 86.6 Å². The van der Waals surface area contributed by atoms with Gasteiger partial charge in [0.05, 0.1) is 11.3 Å². The highest BCUT2D eigenvalue weighted by atomic mass is 79.9. The summed E-state index contributed by atoms with van der Waals surface area (Å²) in [7, 11) is 0. The topological polar surface area (TPSA) is 43.6 Å². The van der Waals surface area contributed by atoms with Gasteiger partial charge in [-0.1, -0.05) is 46.5 Å². The highest BCUT2D eigenvalue weighted by Crippen LogP contribution is 2.38. The molecule has 1 aromatic heterocycles. The van der Waals surface area contributed by atoms with Crippen LogP contribution in [0.1, 0.15) is 47.6 Å². The standard InChI is InChI=1S/C24H22BrClN2O2/c1-15-12-20-21(27-30-23(29)16-4-6-17(25)7-5-16)13-24(2,3)14-22(20)28(15)19-10-8-18(26)9-11-19/h4-12H,13-14H2,1-3H3/b27-21+. The van der Waals surface area contributed by atoms with Crippen molar-refractivity contribution < 1.29 is 9.63 Å². The minimum atomic E-state index is -0.464. The van der Waals surface area contributed by atoms with Gasteiger partial charge in [-0.2, -0.15) is 0 Å². The average Bonchev–Trinajstić information content (AvgIpc) is 3.02. The second-order valence-corrected chi connectivity index (χ2v) is 9.75. The smallest absolute Gasteiger partial charge is 0.318 e. The van der Waals surface area contributed by atoms with E-state index in [0.29, 0.717) is 10.6 Å². The summed E-state index contributed by atoms with van der Waals surface area (Å²) in [6.07, 6.45) is 1.64. The lowest BCUT2D eigenvalue weighted by Crippen LogP contribution is -2.28. The van der Waals surface area contributed by atoms with E-state index in [1.54, 1.807) is 24.3 Å². The lowest BCUT2D eigenvalue weighted by molar-refractivity contribution is 0.0514. The Labute approximate surface area is 189 Å². The molecule has 0 N–H and O–H groups in total. The maximum atomic E-state index is 12.4. The summed E-state index contributed by atoms with van der Waals surface area (Å²) >= 11 is 9.44. The van der Waals surface area contributed by atoms with Crippen LogP contribution in [0, 0.1) is 12.3 Å². The molecule has 0 atom stereocenters. The summed E-state index contributed by atoms with van der Waals surface area (Å²) in [5.74, 6) is -0.464. The Balaban J connectivity index is 1.70. The van der Waals surface area contributed by atoms with E-state index in [9.17, 15) is 4.79 Å². The van der Waals surface area contributed by atoms with Crippen molar-refractivity contribution in [2.45, 2.75) is 33.6 Å². The number of halogens is 2. The highest BCUT2D eigenvalue weighted by molar-refractivity contribution is 9.10. The largest absolute Gasteiger partial charge is 0.365 e. The van der Waals surface area contributed by atoms with E-state index in [2.05, 4.69) is 52.5 Å². The van der Waals surface area contributed by atoms with Gasteiger partial charge < -0.3 is 9.40 Å². The van der Waals surface area contributed by atoms with Crippen LogP contribution in [0.4, 0.5) is 0 Å². The van der Waals surface area contributed by atoms with Crippen LogP contribution in [0.3, 0.4) is 0 Å². The highest BCUT2D eigenvalue weighted by Gasteiger charge is 2.33. The molecule has 0 saturated carbocycles. The van der Waals surface area contributed by atoms with Crippen LogP contribution in [-0.2, 0) is 11.3 Å². The normalized spacial score (nSPS) is 16.4. The number of benzene rings is 2. The number of hydrogen-bond acceptors (Lipinski definition) is 3. The van der Waals surface area contributed by atoms with Crippen molar-refractivity contribution in [2.24, 2.45) is 10.6 Å². The molecule has 3 aromatic rings. The third-order valence-corrected chi connectivity index (χ3v) is 6.07. The Bertz CT molecular complexity index is 1130. The molecule has 154 valence electrons. The fourth-order valence-electron chi connectivity index (χ4n) is 3.94. The molecule has 0 spiro atoms. The monoisotopic (exact) mass is 484 g/mol. The van der Waals surface area contributed by atoms with Gasteiger partial charge >= 0.3 is 5.97 Å². The maximum Gasteiger partial charge on any atom is 0.365 e. The number of fused-ring (bicyclic) bond motifs is 1. The van der Waals surface area contributed by atoms with Crippen LogP contribution < -0.4 is 0 Å². The molecular formula is C24H22BrClN2O2. The van der Waals surface area contributed by atoms with Crippen LogP contribution in [0.25, 0.3) is 5.69 Å². The van der Waals surface area contributed by atoms with Crippen molar-refractivity contribution >= 4 is 39.2 Å². The number of hydrogen-bond donors (Lipinski definition) is 0. The van der Waals surface area contributed by atoms with Crippen molar-refractivity contribution in [3.63, 3.8) is 0 Å². The molecule has 1 aliphatic carbocycles. The van der Waals surface area contributed by atoms with Crippen molar-refractivity contribution in [3.8, 4) is 5.69 Å². The van der Waals surface area contributed by atoms with Crippen LogP contribution in [0.5, 0.6) is 0 Å². The molecule has 0 bridgehead atoms. The van der Waals surface area contributed by atoms with E-state index in [0.717, 1.165) is 40.0 Å². The molecule has 1 heterocycles. The molecule has 0 fully saturated rings. The zero-order chi connectivity index (χ0) is 21.5. The van der Waals surface area contributed by atoms with E-state index in [4.69, 9.17) is 16.4 Å². The molecular weight excluding hydrogens is 464 g/mol. The Hall–Kier alpha value is -2.37. The first-order valence-corrected chi connectivity index (χ1v) is 10.9. The number of rotatable bonds is 3. The van der Waals surface area contributed by atoms with E-state index >= 15 is 0 Å². The van der Waals surface area contributed by atoms with Gasteiger partial charge in [0, 0.05) is 32.1 Å². The molecule has 6 heteroatoms. The number of aromatic nitrogens is 1. The van der Waals surface area contributed by atoms with Gasteiger partial charge in [0.2, 0.25) is 0 Å². The van der Waals surface area contributed by atoms with Crippen molar-refractivity contribution in [2.75, 3.05) is 0 Å². The molecule has 4 nitrogen and oxygen atoms in total. The zero-order valence-corrected chi connectivity index (χ0v) is 19.4. The molecule has 0 saturated heterocycles. The van der Waals surface area contributed by atoms with E-state index in [1.807, 2.05) is 24.3 Å². The summed E-state index contributed by atoms with van der Waals surface area (Å²) in [5, 5.41) is 5.01. The quantitative estimate of drug-likeness (QED) is 0.305. The van der Waals surface area contributed by atoms with Crippen LogP contribution in [0.15, 0.2) is 64.2 Å². The first-order chi connectivity index (χ1) is 14.2. The fourth-order valence-corrected chi connectivity index (χ4v) is 4.34. The predicted octanol–water partition coefficient (Wildman–Crippen LogP) is 6.74. The number of carbonyl (C=O) groups excluding carboxylic acids is 1. The first kappa shape index (κ1) is 20.9. The molecule has 0 radical (unpaired) electrons. The second kappa shape index (κ2) is 8.05. The molecule has 0 amide bonds. The minimum absolute atomic E-state index is 0.00911. The van der Waals surface area contributed by atoms with E-state index in [-0.39, 0.29) is 5.41 Å². The third-order valence-electron chi connectivity index (χ3n) is 5.29. The fraction of sp³-hybridized carbons (Fsp3) is 0.250. The zero-order valence-electron chi connectivity index (χ0n) is 17.1. The molecule has 1 aliphatic rings. The summed E-state index contributed by atoms with van der Waals surface area (Å²) in [4.78, 5) is 17.8. The molecule has 4 rings (SSSR count). The van der Waals surface area contributed by atoms with E-state index in [1.165, 1.54) is 5.69 Å². The third kappa shape index (κ3) is 4.23. The Morgan fingerprint density at radius 2 is 1.77 bits per heavy atom. The van der Waals surface area contributed by atoms with E-state index < -0.39 is 5.97 Å². The van der Waals surface area contributed by atoms with Gasteiger partial charge in [-0.3, -0.25) is 0 Å². The van der Waals surface area contributed by atoms with Crippen LogP contribution in [-0.4, -0.2) is 16.2 Å². The van der Waals surface area contributed by atoms with Gasteiger partial charge in [0.1, 0.15) is 0 Å². The summed E-state index contributed by atoms with van der Waals surface area (Å²) in [6.45, 7) is 6.48. The molecule has 30 heavy (non-hydrogen) atoms. The van der Waals surface area contributed by atoms with Crippen LogP contribution >= 0.6 is 27.5 Å². The molecule has 0 unspecified atom stereocenters. The summed E-state index contributed by atoms with van der Waals surface area (Å²) < 4.78 is 3.14. The summed E-state index contributed by atoms with van der Waals surface area (Å²) in [5.41, 5.74) is 5.62. The average molecular weight is 486 g/mol. The number of aryl methyl sites for hydroxylation is 1. The van der Waals surface area contributed by atoms with Gasteiger partial charge in [0.15, 0.2) is 0 Å².